The third kappa shape index (κ3) is 3.27. The van der Waals surface area contributed by atoms with Crippen LogP contribution in [0.25, 0.3) is 11.1 Å². The molecule has 0 bridgehead atoms. The first-order chi connectivity index (χ1) is 9.53. The van der Waals surface area contributed by atoms with E-state index in [-0.39, 0.29) is 11.3 Å². The van der Waals surface area contributed by atoms with Crippen LogP contribution in [0, 0.1) is 5.41 Å². The van der Waals surface area contributed by atoms with Crippen molar-refractivity contribution in [1.82, 2.24) is 0 Å². The van der Waals surface area contributed by atoms with Gasteiger partial charge in [-0.2, -0.15) is 0 Å². The molecule has 0 spiro atoms. The fraction of sp³-hybridized carbons (Fsp3) is 0.278. The van der Waals surface area contributed by atoms with Gasteiger partial charge in [-0.3, -0.25) is 4.79 Å². The van der Waals surface area contributed by atoms with Gasteiger partial charge in [0.25, 0.3) is 0 Å². The van der Waals surface area contributed by atoms with Crippen molar-refractivity contribution >= 4 is 11.6 Å². The van der Waals surface area contributed by atoms with Crippen LogP contribution in [0.1, 0.15) is 27.2 Å². The van der Waals surface area contributed by atoms with Gasteiger partial charge in [-0.05, 0) is 29.7 Å². The molecule has 0 heterocycles. The van der Waals surface area contributed by atoms with Crippen LogP contribution in [-0.4, -0.2) is 5.91 Å². The molecule has 0 saturated carbocycles. The molecular weight excluding hydrogens is 246 g/mol. The summed E-state index contributed by atoms with van der Waals surface area (Å²) in [7, 11) is 0. The summed E-state index contributed by atoms with van der Waals surface area (Å²) in [6.07, 6.45) is 0.820. The van der Waals surface area contributed by atoms with Gasteiger partial charge in [-0.1, -0.05) is 63.2 Å². The minimum atomic E-state index is -0.335. The number of rotatable bonds is 4. The Balaban J connectivity index is 2.12. The first kappa shape index (κ1) is 14.3. The summed E-state index contributed by atoms with van der Waals surface area (Å²) in [5.74, 6) is 0.0625. The Kier molecular flexibility index (Phi) is 4.23. The molecule has 104 valence electrons. The summed E-state index contributed by atoms with van der Waals surface area (Å²) in [5.41, 5.74) is 2.84. The minimum Gasteiger partial charge on any atom is -0.326 e. The molecule has 0 aliphatic heterocycles. The van der Waals surface area contributed by atoms with Gasteiger partial charge in [-0.15, -0.1) is 0 Å². The molecule has 2 nitrogen and oxygen atoms in total. The number of carbonyl (C=O) groups excluding carboxylic acids is 1. The maximum absolute atomic E-state index is 12.1. The van der Waals surface area contributed by atoms with Crippen molar-refractivity contribution in [2.75, 3.05) is 5.32 Å². The van der Waals surface area contributed by atoms with E-state index in [4.69, 9.17) is 0 Å². The number of hydrogen-bond acceptors (Lipinski definition) is 1. The molecule has 0 radical (unpaired) electrons. The summed E-state index contributed by atoms with van der Waals surface area (Å²) in [5, 5.41) is 2.97. The highest BCUT2D eigenvalue weighted by Crippen LogP contribution is 2.24. The van der Waals surface area contributed by atoms with E-state index in [2.05, 4.69) is 17.4 Å². The van der Waals surface area contributed by atoms with Gasteiger partial charge < -0.3 is 5.32 Å². The average molecular weight is 267 g/mol. The number of hydrogen-bond donors (Lipinski definition) is 1. The Bertz CT molecular complexity index is 570. The molecular formula is C18H21NO. The zero-order chi connectivity index (χ0) is 14.6. The summed E-state index contributed by atoms with van der Waals surface area (Å²) in [4.78, 5) is 12.1. The van der Waals surface area contributed by atoms with Crippen molar-refractivity contribution in [3.05, 3.63) is 54.6 Å². The molecule has 1 N–H and O–H groups in total. The fourth-order valence-electron chi connectivity index (χ4n) is 1.84. The lowest BCUT2D eigenvalue weighted by Crippen LogP contribution is -2.29. The minimum absolute atomic E-state index is 0.0625. The van der Waals surface area contributed by atoms with Crippen molar-refractivity contribution in [2.45, 2.75) is 27.2 Å². The molecule has 1 amide bonds. The fourth-order valence-corrected chi connectivity index (χ4v) is 1.84. The van der Waals surface area contributed by atoms with Gasteiger partial charge in [0.1, 0.15) is 0 Å². The lowest BCUT2D eigenvalue weighted by atomic mass is 9.89. The Morgan fingerprint density at radius 1 is 0.950 bits per heavy atom. The van der Waals surface area contributed by atoms with Crippen LogP contribution in [0.2, 0.25) is 0 Å². The normalized spacial score (nSPS) is 11.2. The molecule has 2 aromatic rings. The monoisotopic (exact) mass is 267 g/mol. The summed E-state index contributed by atoms with van der Waals surface area (Å²) >= 11 is 0. The smallest absolute Gasteiger partial charge is 0.230 e. The van der Waals surface area contributed by atoms with E-state index in [1.54, 1.807) is 0 Å². The van der Waals surface area contributed by atoms with E-state index in [1.807, 2.05) is 63.2 Å². The van der Waals surface area contributed by atoms with Crippen molar-refractivity contribution in [3.8, 4) is 11.1 Å². The second-order valence-corrected chi connectivity index (χ2v) is 5.63. The summed E-state index contributed by atoms with van der Waals surface area (Å²) in [6, 6.07) is 18.2. The van der Waals surface area contributed by atoms with Crippen LogP contribution < -0.4 is 5.32 Å². The lowest BCUT2D eigenvalue weighted by molar-refractivity contribution is -0.124. The van der Waals surface area contributed by atoms with E-state index in [0.717, 1.165) is 17.7 Å². The standard InChI is InChI=1S/C18H21NO/c1-4-18(2,3)17(20)19-16-12-10-15(11-13-16)14-8-6-5-7-9-14/h5-13H,4H2,1-3H3,(H,19,20). The Morgan fingerprint density at radius 2 is 1.50 bits per heavy atom. The SMILES string of the molecule is CCC(C)(C)C(=O)Nc1ccc(-c2ccccc2)cc1. The molecule has 0 aliphatic carbocycles. The van der Waals surface area contributed by atoms with Crippen molar-refractivity contribution in [3.63, 3.8) is 0 Å². The number of anilines is 1. The predicted molar refractivity (Wildman–Crippen MR) is 84.6 cm³/mol. The van der Waals surface area contributed by atoms with Gasteiger partial charge in [0.05, 0.1) is 0 Å². The maximum atomic E-state index is 12.1. The highest BCUT2D eigenvalue weighted by Gasteiger charge is 2.25. The second kappa shape index (κ2) is 5.91. The van der Waals surface area contributed by atoms with E-state index in [1.165, 1.54) is 5.56 Å². The quantitative estimate of drug-likeness (QED) is 0.852. The molecule has 0 aliphatic rings. The van der Waals surface area contributed by atoms with Gasteiger partial charge in [-0.25, -0.2) is 0 Å². The van der Waals surface area contributed by atoms with Crippen molar-refractivity contribution < 1.29 is 4.79 Å². The third-order valence-electron chi connectivity index (χ3n) is 3.75. The van der Waals surface area contributed by atoms with Gasteiger partial charge >= 0.3 is 0 Å². The van der Waals surface area contributed by atoms with E-state index >= 15 is 0 Å². The third-order valence-corrected chi connectivity index (χ3v) is 3.75. The molecule has 0 saturated heterocycles. The molecule has 0 unspecified atom stereocenters. The van der Waals surface area contributed by atoms with Crippen LogP contribution in [-0.2, 0) is 4.79 Å². The van der Waals surface area contributed by atoms with Crippen molar-refractivity contribution in [2.24, 2.45) is 5.41 Å². The highest BCUT2D eigenvalue weighted by atomic mass is 16.2. The Hall–Kier alpha value is -2.09. The molecule has 20 heavy (non-hydrogen) atoms. The first-order valence-corrected chi connectivity index (χ1v) is 7.00. The number of carbonyl (C=O) groups is 1. The molecule has 2 aromatic carbocycles. The van der Waals surface area contributed by atoms with Gasteiger partial charge in [0, 0.05) is 11.1 Å². The maximum Gasteiger partial charge on any atom is 0.230 e. The van der Waals surface area contributed by atoms with Crippen LogP contribution in [0.4, 0.5) is 5.69 Å². The van der Waals surface area contributed by atoms with Crippen molar-refractivity contribution in [1.29, 1.82) is 0 Å². The van der Waals surface area contributed by atoms with E-state index in [9.17, 15) is 4.79 Å². The number of nitrogens with one attached hydrogen (secondary N) is 1. The van der Waals surface area contributed by atoms with Gasteiger partial charge in [0.2, 0.25) is 5.91 Å². The van der Waals surface area contributed by atoms with E-state index in [0.29, 0.717) is 0 Å². The zero-order valence-electron chi connectivity index (χ0n) is 12.3. The Morgan fingerprint density at radius 3 is 2.05 bits per heavy atom. The van der Waals surface area contributed by atoms with Crippen LogP contribution >= 0.6 is 0 Å². The van der Waals surface area contributed by atoms with Gasteiger partial charge in [0.15, 0.2) is 0 Å². The second-order valence-electron chi connectivity index (χ2n) is 5.63. The predicted octanol–water partition coefficient (Wildman–Crippen LogP) is 4.73. The first-order valence-electron chi connectivity index (χ1n) is 7.00. The van der Waals surface area contributed by atoms with Crippen LogP contribution in [0.5, 0.6) is 0 Å². The number of benzene rings is 2. The molecule has 0 fully saturated rings. The van der Waals surface area contributed by atoms with E-state index < -0.39 is 0 Å². The Labute approximate surface area is 120 Å². The average Bonchev–Trinajstić information content (AvgIpc) is 2.49. The summed E-state index contributed by atoms with van der Waals surface area (Å²) < 4.78 is 0. The highest BCUT2D eigenvalue weighted by molar-refractivity contribution is 5.94. The topological polar surface area (TPSA) is 29.1 Å². The number of amides is 1. The molecule has 2 heteroatoms. The molecule has 2 rings (SSSR count). The largest absolute Gasteiger partial charge is 0.326 e. The van der Waals surface area contributed by atoms with Crippen LogP contribution in [0.3, 0.4) is 0 Å². The lowest BCUT2D eigenvalue weighted by Gasteiger charge is -2.21. The zero-order valence-corrected chi connectivity index (χ0v) is 12.3. The molecule has 0 atom stereocenters. The molecule has 0 aromatic heterocycles. The summed E-state index contributed by atoms with van der Waals surface area (Å²) in [6.45, 7) is 5.94. The van der Waals surface area contributed by atoms with Crippen LogP contribution in [0.15, 0.2) is 54.6 Å².